The molecule has 3 N–H and O–H groups in total. The molecule has 0 saturated carbocycles. The number of amides is 2. The van der Waals surface area contributed by atoms with E-state index in [0.717, 1.165) is 37.0 Å². The van der Waals surface area contributed by atoms with Crippen LogP contribution in [0.1, 0.15) is 67.4 Å². The maximum atomic E-state index is 12.6. The number of anilines is 2. The van der Waals surface area contributed by atoms with Gasteiger partial charge in [0.15, 0.2) is 5.13 Å². The lowest BCUT2D eigenvalue weighted by molar-refractivity contribution is -0.380. The molecule has 1 aromatic heterocycles. The highest BCUT2D eigenvalue weighted by molar-refractivity contribution is 7.19. The number of unbranched alkanes of at least 4 members (excludes halogenated alkanes) is 5. The van der Waals surface area contributed by atoms with Gasteiger partial charge in [0.2, 0.25) is 5.91 Å². The van der Waals surface area contributed by atoms with Crippen molar-refractivity contribution in [3.8, 4) is 0 Å². The largest absolute Gasteiger partial charge is 0.481 e. The number of thiazole rings is 1. The second-order valence-electron chi connectivity index (χ2n) is 7.23. The van der Waals surface area contributed by atoms with E-state index in [2.05, 4.69) is 15.6 Å². The predicted octanol–water partition coefficient (Wildman–Crippen LogP) is 4.76. The quantitative estimate of drug-likeness (QED) is 0.220. The zero-order chi connectivity index (χ0) is 23.5. The number of nitrogens with one attached hydrogen (secondary N) is 2. The third kappa shape index (κ3) is 8.06. The summed E-state index contributed by atoms with van der Waals surface area (Å²) < 4.78 is 0. The fourth-order valence-electron chi connectivity index (χ4n) is 3.05. The van der Waals surface area contributed by atoms with Gasteiger partial charge < -0.3 is 10.4 Å². The number of aromatic nitrogens is 1. The van der Waals surface area contributed by atoms with Crippen LogP contribution < -0.4 is 10.6 Å². The summed E-state index contributed by atoms with van der Waals surface area (Å²) in [5.74, 6) is -1.51. The lowest BCUT2D eigenvalue weighted by Crippen LogP contribution is -2.18. The van der Waals surface area contributed by atoms with E-state index < -0.39 is 16.8 Å². The fraction of sp³-hybridized carbons (Fsp3) is 0.429. The molecular formula is C21H26N4O6S. The van der Waals surface area contributed by atoms with Gasteiger partial charge in [0.1, 0.15) is 5.69 Å². The van der Waals surface area contributed by atoms with Crippen molar-refractivity contribution in [2.45, 2.75) is 58.3 Å². The van der Waals surface area contributed by atoms with Crippen molar-refractivity contribution in [3.05, 3.63) is 45.6 Å². The van der Waals surface area contributed by atoms with Gasteiger partial charge in [0.25, 0.3) is 5.91 Å². The highest BCUT2D eigenvalue weighted by Gasteiger charge is 2.20. The summed E-state index contributed by atoms with van der Waals surface area (Å²) in [6, 6.07) is 6.52. The number of aryl methyl sites for hydroxylation is 1. The Morgan fingerprint density at radius 1 is 1.03 bits per heavy atom. The van der Waals surface area contributed by atoms with Crippen molar-refractivity contribution in [2.24, 2.45) is 0 Å². The average molecular weight is 463 g/mol. The Morgan fingerprint density at radius 2 is 1.66 bits per heavy atom. The number of aliphatic carboxylic acids is 1. The molecule has 2 rings (SSSR count). The molecule has 11 heteroatoms. The summed E-state index contributed by atoms with van der Waals surface area (Å²) in [6.45, 7) is 1.49. The first-order valence-corrected chi connectivity index (χ1v) is 11.1. The molecule has 172 valence electrons. The van der Waals surface area contributed by atoms with Gasteiger partial charge >= 0.3 is 11.0 Å². The standard InChI is InChI=1S/C21H26N4O6S/c1-14-20(25(30)31)32-21(22-14)24-19(29)15-10-8-9-11-16(15)23-17(26)12-6-4-2-3-5-7-13-18(27)28/h8-11H,2-7,12-13H2,1H3,(H,23,26)(H,27,28)(H,22,24,29). The molecule has 0 fully saturated rings. The lowest BCUT2D eigenvalue weighted by Gasteiger charge is -2.10. The van der Waals surface area contributed by atoms with Crippen molar-refractivity contribution in [1.29, 1.82) is 0 Å². The van der Waals surface area contributed by atoms with E-state index >= 15 is 0 Å². The van der Waals surface area contributed by atoms with Crippen LogP contribution in [0.4, 0.5) is 15.8 Å². The Bertz CT molecular complexity index is 975. The number of carbonyl (C=O) groups is 3. The maximum absolute atomic E-state index is 12.6. The third-order valence-corrected chi connectivity index (χ3v) is 5.67. The van der Waals surface area contributed by atoms with Crippen LogP contribution in [0.2, 0.25) is 0 Å². The molecule has 0 atom stereocenters. The molecule has 0 aliphatic carbocycles. The van der Waals surface area contributed by atoms with Crippen LogP contribution in [-0.2, 0) is 9.59 Å². The van der Waals surface area contributed by atoms with Crippen molar-refractivity contribution in [1.82, 2.24) is 4.98 Å². The molecule has 0 aliphatic heterocycles. The van der Waals surface area contributed by atoms with Crippen LogP contribution in [0, 0.1) is 17.0 Å². The molecule has 0 radical (unpaired) electrons. The predicted molar refractivity (Wildman–Crippen MR) is 121 cm³/mol. The molecule has 1 heterocycles. The number of hydrogen-bond acceptors (Lipinski definition) is 7. The molecule has 1 aromatic carbocycles. The smallest absolute Gasteiger partial charge is 0.348 e. The Balaban J connectivity index is 1.83. The van der Waals surface area contributed by atoms with Crippen LogP contribution in [0.3, 0.4) is 0 Å². The van der Waals surface area contributed by atoms with Gasteiger partial charge in [-0.3, -0.25) is 29.8 Å². The summed E-state index contributed by atoms with van der Waals surface area (Å²) in [4.78, 5) is 49.8. The number of nitro groups is 1. The molecule has 0 spiro atoms. The number of rotatable bonds is 13. The number of hydrogen-bond donors (Lipinski definition) is 3. The number of carbonyl (C=O) groups excluding carboxylic acids is 2. The summed E-state index contributed by atoms with van der Waals surface area (Å²) in [5, 5.41) is 24.8. The van der Waals surface area contributed by atoms with Crippen molar-refractivity contribution < 1.29 is 24.4 Å². The number of benzene rings is 1. The number of carboxylic acid groups (broad SMARTS) is 1. The summed E-state index contributed by atoms with van der Waals surface area (Å²) in [6.07, 6.45) is 5.46. The van der Waals surface area contributed by atoms with Crippen LogP contribution >= 0.6 is 11.3 Å². The zero-order valence-corrected chi connectivity index (χ0v) is 18.6. The van der Waals surface area contributed by atoms with Gasteiger partial charge in [-0.15, -0.1) is 0 Å². The molecule has 2 amide bonds. The topological polar surface area (TPSA) is 152 Å². The minimum atomic E-state index is -0.779. The van der Waals surface area contributed by atoms with Gasteiger partial charge in [-0.2, -0.15) is 0 Å². The van der Waals surface area contributed by atoms with Crippen LogP contribution in [-0.4, -0.2) is 32.8 Å². The Hall–Kier alpha value is -3.34. The van der Waals surface area contributed by atoms with Gasteiger partial charge in [-0.25, -0.2) is 4.98 Å². The van der Waals surface area contributed by atoms with E-state index in [4.69, 9.17) is 5.11 Å². The fourth-order valence-corrected chi connectivity index (χ4v) is 3.82. The molecule has 0 saturated heterocycles. The van der Waals surface area contributed by atoms with Gasteiger partial charge in [-0.1, -0.05) is 37.8 Å². The first-order valence-electron chi connectivity index (χ1n) is 10.3. The number of nitrogens with zero attached hydrogens (tertiary/aromatic N) is 2. The molecule has 32 heavy (non-hydrogen) atoms. The summed E-state index contributed by atoms with van der Waals surface area (Å²) >= 11 is 0.774. The minimum Gasteiger partial charge on any atom is -0.481 e. The second-order valence-corrected chi connectivity index (χ2v) is 8.21. The summed E-state index contributed by atoms with van der Waals surface area (Å²) in [7, 11) is 0. The average Bonchev–Trinajstić information content (AvgIpc) is 3.10. The van der Waals surface area contributed by atoms with Crippen LogP contribution in [0.5, 0.6) is 0 Å². The molecule has 0 aliphatic rings. The van der Waals surface area contributed by atoms with Gasteiger partial charge in [-0.05, 0) is 43.2 Å². The van der Waals surface area contributed by atoms with E-state index in [9.17, 15) is 24.5 Å². The second kappa shape index (κ2) is 12.5. The molecule has 2 aromatic rings. The Morgan fingerprint density at radius 3 is 2.28 bits per heavy atom. The van der Waals surface area contributed by atoms with E-state index in [-0.39, 0.29) is 33.7 Å². The van der Waals surface area contributed by atoms with E-state index in [0.29, 0.717) is 24.9 Å². The van der Waals surface area contributed by atoms with Crippen molar-refractivity contribution in [2.75, 3.05) is 10.6 Å². The van der Waals surface area contributed by atoms with Gasteiger partial charge in [0, 0.05) is 12.8 Å². The lowest BCUT2D eigenvalue weighted by atomic mass is 10.1. The van der Waals surface area contributed by atoms with E-state index in [1.807, 2.05) is 0 Å². The highest BCUT2D eigenvalue weighted by Crippen LogP contribution is 2.30. The first-order chi connectivity index (χ1) is 15.3. The normalized spacial score (nSPS) is 10.5. The molecule has 10 nitrogen and oxygen atoms in total. The number of para-hydroxylation sites is 1. The molecule has 0 unspecified atom stereocenters. The van der Waals surface area contributed by atoms with E-state index in [1.165, 1.54) is 6.92 Å². The Kier molecular flexibility index (Phi) is 9.74. The molecule has 0 bridgehead atoms. The Labute approximate surface area is 189 Å². The summed E-state index contributed by atoms with van der Waals surface area (Å²) in [5.41, 5.74) is 0.806. The van der Waals surface area contributed by atoms with Crippen molar-refractivity contribution in [3.63, 3.8) is 0 Å². The monoisotopic (exact) mass is 462 g/mol. The number of carboxylic acids is 1. The zero-order valence-electron chi connectivity index (χ0n) is 17.8. The maximum Gasteiger partial charge on any atom is 0.348 e. The third-order valence-electron chi connectivity index (χ3n) is 4.65. The molecular weight excluding hydrogens is 436 g/mol. The van der Waals surface area contributed by atoms with Crippen LogP contribution in [0.15, 0.2) is 24.3 Å². The SMILES string of the molecule is Cc1nc(NC(=O)c2ccccc2NC(=O)CCCCCCCCC(=O)O)sc1[N+](=O)[O-]. The van der Waals surface area contributed by atoms with Crippen molar-refractivity contribution >= 4 is 44.9 Å². The van der Waals surface area contributed by atoms with Crippen LogP contribution in [0.25, 0.3) is 0 Å². The first kappa shape index (κ1) is 24.9. The van der Waals surface area contributed by atoms with E-state index in [1.54, 1.807) is 24.3 Å². The minimum absolute atomic E-state index is 0.115. The highest BCUT2D eigenvalue weighted by atomic mass is 32.1. The van der Waals surface area contributed by atoms with Gasteiger partial charge in [0.05, 0.1) is 16.2 Å².